The third-order valence-corrected chi connectivity index (χ3v) is 4.16. The average molecular weight is 224 g/mol. The van der Waals surface area contributed by atoms with E-state index in [1.54, 1.807) is 0 Å². The lowest BCUT2D eigenvalue weighted by Crippen LogP contribution is -2.49. The summed E-state index contributed by atoms with van der Waals surface area (Å²) in [4.78, 5) is 2.77. The van der Waals surface area contributed by atoms with Crippen molar-refractivity contribution in [2.24, 2.45) is 5.92 Å². The van der Waals surface area contributed by atoms with Crippen LogP contribution in [0.4, 0.5) is 0 Å². The Morgan fingerprint density at radius 1 is 1.12 bits per heavy atom. The molecular weight excluding hydrogens is 196 g/mol. The normalized spacial score (nSPS) is 33.6. The van der Waals surface area contributed by atoms with Crippen molar-refractivity contribution >= 4 is 0 Å². The van der Waals surface area contributed by atoms with Gasteiger partial charge in [0.15, 0.2) is 0 Å². The highest BCUT2D eigenvalue weighted by molar-refractivity contribution is 4.90. The highest BCUT2D eigenvalue weighted by atomic mass is 15.2. The molecule has 1 atom stereocenters. The number of hydrogen-bond acceptors (Lipinski definition) is 2. The van der Waals surface area contributed by atoms with Crippen LogP contribution in [0.2, 0.25) is 0 Å². The van der Waals surface area contributed by atoms with Crippen LogP contribution in [0, 0.1) is 5.92 Å². The zero-order valence-corrected chi connectivity index (χ0v) is 11.3. The van der Waals surface area contributed by atoms with Gasteiger partial charge in [0.1, 0.15) is 0 Å². The molecule has 1 N–H and O–H groups in total. The van der Waals surface area contributed by atoms with Crippen molar-refractivity contribution in [1.29, 1.82) is 0 Å². The smallest absolute Gasteiger partial charge is 0.0252 e. The van der Waals surface area contributed by atoms with Gasteiger partial charge >= 0.3 is 0 Å². The summed E-state index contributed by atoms with van der Waals surface area (Å²) in [5.74, 6) is 0.795. The Balaban J connectivity index is 1.99. The van der Waals surface area contributed by atoms with Crippen LogP contribution in [0.3, 0.4) is 0 Å². The van der Waals surface area contributed by atoms with Crippen molar-refractivity contribution in [1.82, 2.24) is 10.2 Å². The first kappa shape index (κ1) is 12.4. The van der Waals surface area contributed by atoms with E-state index in [-0.39, 0.29) is 0 Å². The van der Waals surface area contributed by atoms with Crippen LogP contribution < -0.4 is 5.32 Å². The number of nitrogens with one attached hydrogen (secondary N) is 1. The maximum Gasteiger partial charge on any atom is 0.0252 e. The molecule has 1 saturated carbocycles. The zero-order valence-electron chi connectivity index (χ0n) is 11.3. The molecule has 94 valence electrons. The summed E-state index contributed by atoms with van der Waals surface area (Å²) in [5.41, 5.74) is 0.294. The number of rotatable bonds is 1. The van der Waals surface area contributed by atoms with Crippen molar-refractivity contribution in [2.45, 2.75) is 64.5 Å². The molecule has 1 heterocycles. The van der Waals surface area contributed by atoms with Gasteiger partial charge in [-0.25, -0.2) is 0 Å². The molecule has 2 fully saturated rings. The average Bonchev–Trinajstić information content (AvgIpc) is 2.39. The predicted octanol–water partition coefficient (Wildman–Crippen LogP) is 2.64. The van der Waals surface area contributed by atoms with E-state index in [9.17, 15) is 0 Å². The van der Waals surface area contributed by atoms with Crippen LogP contribution in [0.25, 0.3) is 0 Å². The van der Waals surface area contributed by atoms with E-state index in [1.165, 1.54) is 51.7 Å². The summed E-state index contributed by atoms with van der Waals surface area (Å²) in [5, 5.41) is 3.70. The Labute approximate surface area is 101 Å². The van der Waals surface area contributed by atoms with E-state index < -0.39 is 0 Å². The first-order valence-corrected chi connectivity index (χ1v) is 7.06. The maximum absolute atomic E-state index is 3.70. The summed E-state index contributed by atoms with van der Waals surface area (Å²) in [6.45, 7) is 10.8. The molecule has 1 saturated heterocycles. The molecule has 0 aromatic rings. The first-order chi connectivity index (χ1) is 7.57. The van der Waals surface area contributed by atoms with Crippen LogP contribution in [0.15, 0.2) is 0 Å². The van der Waals surface area contributed by atoms with Crippen LogP contribution >= 0.6 is 0 Å². The van der Waals surface area contributed by atoms with Crippen molar-refractivity contribution < 1.29 is 0 Å². The molecule has 2 rings (SSSR count). The highest BCUT2D eigenvalue weighted by Crippen LogP contribution is 2.26. The summed E-state index contributed by atoms with van der Waals surface area (Å²) in [7, 11) is 0. The van der Waals surface area contributed by atoms with Crippen LogP contribution in [0.5, 0.6) is 0 Å². The van der Waals surface area contributed by atoms with E-state index in [0.717, 1.165) is 12.0 Å². The van der Waals surface area contributed by atoms with Gasteiger partial charge in [-0.3, -0.25) is 4.90 Å². The summed E-state index contributed by atoms with van der Waals surface area (Å²) in [6, 6.07) is 0.871. The molecule has 0 amide bonds. The monoisotopic (exact) mass is 224 g/mol. The lowest BCUT2D eigenvalue weighted by molar-refractivity contribution is 0.127. The maximum atomic E-state index is 3.70. The molecule has 0 aromatic carbocycles. The zero-order chi connectivity index (χ0) is 11.6. The SMILES string of the molecule is CC1CNC(C)(C)CN(C2CCCCC2)C1. The van der Waals surface area contributed by atoms with Gasteiger partial charge in [-0.1, -0.05) is 26.2 Å². The topological polar surface area (TPSA) is 15.3 Å². The van der Waals surface area contributed by atoms with Gasteiger partial charge in [0.05, 0.1) is 0 Å². The quantitative estimate of drug-likeness (QED) is 0.736. The van der Waals surface area contributed by atoms with Crippen molar-refractivity contribution in [3.63, 3.8) is 0 Å². The second kappa shape index (κ2) is 5.05. The highest BCUT2D eigenvalue weighted by Gasteiger charge is 2.31. The Morgan fingerprint density at radius 2 is 1.81 bits per heavy atom. The lowest BCUT2D eigenvalue weighted by Gasteiger charge is -2.38. The molecule has 0 aromatic heterocycles. The fourth-order valence-electron chi connectivity index (χ4n) is 3.27. The van der Waals surface area contributed by atoms with Crippen LogP contribution in [-0.4, -0.2) is 36.1 Å². The lowest BCUT2D eigenvalue weighted by atomic mass is 9.92. The Hall–Kier alpha value is -0.0800. The van der Waals surface area contributed by atoms with Crippen molar-refractivity contribution in [3.05, 3.63) is 0 Å². The predicted molar refractivity (Wildman–Crippen MR) is 69.7 cm³/mol. The fraction of sp³-hybridized carbons (Fsp3) is 1.00. The minimum absolute atomic E-state index is 0.294. The first-order valence-electron chi connectivity index (χ1n) is 7.06. The molecule has 2 heteroatoms. The molecule has 1 aliphatic carbocycles. The summed E-state index contributed by atoms with van der Waals surface area (Å²) >= 11 is 0. The van der Waals surface area contributed by atoms with Gasteiger partial charge in [-0.2, -0.15) is 0 Å². The second-order valence-corrected chi connectivity index (χ2v) is 6.59. The Morgan fingerprint density at radius 3 is 2.50 bits per heavy atom. The molecule has 2 aliphatic rings. The molecule has 2 nitrogen and oxygen atoms in total. The van der Waals surface area contributed by atoms with E-state index in [0.29, 0.717) is 5.54 Å². The van der Waals surface area contributed by atoms with Gasteiger partial charge in [-0.15, -0.1) is 0 Å². The van der Waals surface area contributed by atoms with Gasteiger partial charge in [-0.05, 0) is 39.2 Å². The minimum atomic E-state index is 0.294. The van der Waals surface area contributed by atoms with Crippen LogP contribution in [0.1, 0.15) is 52.9 Å². The molecule has 0 spiro atoms. The van der Waals surface area contributed by atoms with E-state index >= 15 is 0 Å². The van der Waals surface area contributed by atoms with Crippen molar-refractivity contribution in [2.75, 3.05) is 19.6 Å². The Bertz CT molecular complexity index is 219. The van der Waals surface area contributed by atoms with Gasteiger partial charge in [0.2, 0.25) is 0 Å². The third-order valence-electron chi connectivity index (χ3n) is 4.16. The molecule has 0 bridgehead atoms. The molecule has 16 heavy (non-hydrogen) atoms. The summed E-state index contributed by atoms with van der Waals surface area (Å²) in [6.07, 6.45) is 7.22. The third kappa shape index (κ3) is 3.21. The van der Waals surface area contributed by atoms with E-state index in [4.69, 9.17) is 0 Å². The standard InChI is InChI=1S/C14H28N2/c1-12-9-15-14(2,3)11-16(10-12)13-7-5-4-6-8-13/h12-13,15H,4-11H2,1-3H3. The van der Waals surface area contributed by atoms with Crippen molar-refractivity contribution in [3.8, 4) is 0 Å². The molecule has 0 radical (unpaired) electrons. The number of nitrogens with zero attached hydrogens (tertiary/aromatic N) is 1. The van der Waals surface area contributed by atoms with Gasteiger partial charge < -0.3 is 5.32 Å². The Kier molecular flexibility index (Phi) is 3.91. The summed E-state index contributed by atoms with van der Waals surface area (Å²) < 4.78 is 0. The van der Waals surface area contributed by atoms with E-state index in [1.807, 2.05) is 0 Å². The van der Waals surface area contributed by atoms with Crippen LogP contribution in [-0.2, 0) is 0 Å². The molecule has 1 aliphatic heterocycles. The second-order valence-electron chi connectivity index (χ2n) is 6.59. The van der Waals surface area contributed by atoms with Gasteiger partial charge in [0, 0.05) is 24.7 Å². The minimum Gasteiger partial charge on any atom is -0.310 e. The largest absolute Gasteiger partial charge is 0.310 e. The number of hydrogen-bond donors (Lipinski definition) is 1. The fourth-order valence-corrected chi connectivity index (χ4v) is 3.27. The molecular formula is C14H28N2. The van der Waals surface area contributed by atoms with E-state index in [2.05, 4.69) is 31.0 Å². The van der Waals surface area contributed by atoms with Gasteiger partial charge in [0.25, 0.3) is 0 Å². The molecule has 1 unspecified atom stereocenters.